The molecule has 2 amide bonds. The van der Waals surface area contributed by atoms with Crippen LogP contribution in [-0.2, 0) is 19.1 Å². The molecule has 1 atom stereocenters. The number of aliphatic hydroxyl groups excluding tert-OH is 1. The minimum Gasteiger partial charge on any atom is -0.391 e. The number of carbonyl (C=O) groups excluding carboxylic acids is 2. The third kappa shape index (κ3) is 6.54. The van der Waals surface area contributed by atoms with E-state index in [0.29, 0.717) is 19.3 Å². The van der Waals surface area contributed by atoms with Crippen LogP contribution in [0.3, 0.4) is 0 Å². The molecule has 0 aromatic heterocycles. The number of fused-ring (bicyclic) bond motifs is 3. The Balaban J connectivity index is 1.20. The molecule has 0 aromatic rings. The number of rotatable bonds is 8. The highest BCUT2D eigenvalue weighted by molar-refractivity contribution is 6.20. The minimum atomic E-state index is -0.698. The van der Waals surface area contributed by atoms with E-state index in [4.69, 9.17) is 32.7 Å². The first-order valence-electron chi connectivity index (χ1n) is 12.6. The summed E-state index contributed by atoms with van der Waals surface area (Å²) >= 11 is 12.3. The van der Waals surface area contributed by atoms with Crippen molar-refractivity contribution in [3.63, 3.8) is 0 Å². The Labute approximate surface area is 206 Å². The standard InChI is InChI=1S/C24H38Cl2N2O5/c25-16-1-5-18(6-2-16)32-14-21(30)27-23-9-11-24(12-10-23,20(29)13-23)28-22(31)15-33-19-7-3-17(26)4-8-19/h16-20,29H,1-15H2,(H,27,30)(H,28,31)/t16?,17?,18?,19?,20-,23?,24?/m0/s1. The zero-order chi connectivity index (χ0) is 23.5. The summed E-state index contributed by atoms with van der Waals surface area (Å²) in [5.41, 5.74) is -1.05. The Morgan fingerprint density at radius 3 is 1.67 bits per heavy atom. The molecule has 5 fully saturated rings. The molecule has 5 rings (SSSR count). The lowest BCUT2D eigenvalue weighted by atomic mass is 9.60. The van der Waals surface area contributed by atoms with Crippen LogP contribution in [0.5, 0.6) is 0 Å². The van der Waals surface area contributed by atoms with E-state index in [2.05, 4.69) is 10.6 Å². The molecule has 0 saturated heterocycles. The van der Waals surface area contributed by atoms with Crippen LogP contribution in [0.2, 0.25) is 0 Å². The Hall–Kier alpha value is -0.600. The highest BCUT2D eigenvalue weighted by atomic mass is 35.5. The van der Waals surface area contributed by atoms with Gasteiger partial charge in [-0.15, -0.1) is 23.2 Å². The number of ether oxygens (including phenoxy) is 2. The average Bonchev–Trinajstić information content (AvgIpc) is 2.79. The van der Waals surface area contributed by atoms with Gasteiger partial charge in [0.15, 0.2) is 0 Å². The van der Waals surface area contributed by atoms with E-state index in [1.54, 1.807) is 0 Å². The molecular weight excluding hydrogens is 467 g/mol. The first kappa shape index (κ1) is 25.5. The normalized spacial score (nSPS) is 40.9. The van der Waals surface area contributed by atoms with Crippen LogP contribution in [0.4, 0.5) is 0 Å². The first-order valence-corrected chi connectivity index (χ1v) is 13.5. The van der Waals surface area contributed by atoms with Crippen LogP contribution in [0.1, 0.15) is 83.5 Å². The molecule has 2 bridgehead atoms. The van der Waals surface area contributed by atoms with E-state index in [9.17, 15) is 14.7 Å². The predicted molar refractivity (Wildman–Crippen MR) is 127 cm³/mol. The molecule has 0 radical (unpaired) electrons. The second-order valence-electron chi connectivity index (χ2n) is 10.6. The lowest BCUT2D eigenvalue weighted by Crippen LogP contribution is -2.70. The fraction of sp³-hybridized carbons (Fsp3) is 0.917. The van der Waals surface area contributed by atoms with Gasteiger partial charge in [0.2, 0.25) is 11.8 Å². The molecule has 7 nitrogen and oxygen atoms in total. The summed E-state index contributed by atoms with van der Waals surface area (Å²) in [4.78, 5) is 25.2. The Kier molecular flexibility index (Phi) is 8.48. The lowest BCUT2D eigenvalue weighted by Gasteiger charge is -2.56. The molecule has 0 aliphatic heterocycles. The Bertz CT molecular complexity index is 684. The molecule has 188 valence electrons. The van der Waals surface area contributed by atoms with Gasteiger partial charge in [-0.2, -0.15) is 0 Å². The smallest absolute Gasteiger partial charge is 0.246 e. The summed E-state index contributed by atoms with van der Waals surface area (Å²) in [6.45, 7) is 0.0528. The van der Waals surface area contributed by atoms with E-state index in [-0.39, 0.29) is 48.0 Å². The van der Waals surface area contributed by atoms with Crippen LogP contribution < -0.4 is 10.6 Å². The van der Waals surface area contributed by atoms with Gasteiger partial charge in [0.1, 0.15) is 13.2 Å². The highest BCUT2D eigenvalue weighted by Crippen LogP contribution is 2.47. The molecule has 5 aliphatic rings. The zero-order valence-electron chi connectivity index (χ0n) is 19.3. The maximum absolute atomic E-state index is 12.6. The van der Waals surface area contributed by atoms with Gasteiger partial charge in [-0.1, -0.05) is 0 Å². The molecule has 5 saturated carbocycles. The summed E-state index contributed by atoms with van der Waals surface area (Å²) < 4.78 is 11.6. The van der Waals surface area contributed by atoms with Crippen molar-refractivity contribution in [2.24, 2.45) is 0 Å². The summed E-state index contributed by atoms with van der Waals surface area (Å²) in [5.74, 6) is -0.311. The second-order valence-corrected chi connectivity index (χ2v) is 11.9. The van der Waals surface area contributed by atoms with Crippen molar-refractivity contribution in [2.75, 3.05) is 13.2 Å². The highest BCUT2D eigenvalue weighted by Gasteiger charge is 2.55. The number of halogens is 2. The van der Waals surface area contributed by atoms with Crippen molar-refractivity contribution in [3.8, 4) is 0 Å². The number of hydrogen-bond acceptors (Lipinski definition) is 5. The van der Waals surface area contributed by atoms with Gasteiger partial charge in [0.05, 0.1) is 23.9 Å². The van der Waals surface area contributed by atoms with Crippen molar-refractivity contribution in [2.45, 2.75) is 124 Å². The van der Waals surface area contributed by atoms with Crippen LogP contribution in [0.25, 0.3) is 0 Å². The van der Waals surface area contributed by atoms with Crippen LogP contribution in [0, 0.1) is 0 Å². The molecule has 0 heterocycles. The van der Waals surface area contributed by atoms with Gasteiger partial charge < -0.3 is 25.2 Å². The Morgan fingerprint density at radius 2 is 1.21 bits per heavy atom. The zero-order valence-corrected chi connectivity index (χ0v) is 20.8. The minimum absolute atomic E-state index is 0.0109. The predicted octanol–water partition coefficient (Wildman–Crippen LogP) is 3.17. The van der Waals surface area contributed by atoms with Crippen molar-refractivity contribution in [1.82, 2.24) is 10.6 Å². The van der Waals surface area contributed by atoms with Crippen molar-refractivity contribution in [3.05, 3.63) is 0 Å². The van der Waals surface area contributed by atoms with Crippen molar-refractivity contribution >= 4 is 35.0 Å². The van der Waals surface area contributed by atoms with Crippen molar-refractivity contribution < 1.29 is 24.2 Å². The molecule has 5 aliphatic carbocycles. The van der Waals surface area contributed by atoms with Gasteiger partial charge in [-0.3, -0.25) is 9.59 Å². The average molecular weight is 505 g/mol. The fourth-order valence-electron chi connectivity index (χ4n) is 6.07. The maximum Gasteiger partial charge on any atom is 0.246 e. The van der Waals surface area contributed by atoms with Gasteiger partial charge in [-0.25, -0.2) is 0 Å². The molecular formula is C24H38Cl2N2O5. The van der Waals surface area contributed by atoms with E-state index >= 15 is 0 Å². The fourth-order valence-corrected chi connectivity index (χ4v) is 6.58. The van der Waals surface area contributed by atoms with Crippen LogP contribution in [0.15, 0.2) is 0 Å². The van der Waals surface area contributed by atoms with Crippen molar-refractivity contribution in [1.29, 1.82) is 0 Å². The largest absolute Gasteiger partial charge is 0.391 e. The van der Waals surface area contributed by atoms with Gasteiger partial charge in [0.25, 0.3) is 0 Å². The molecule has 0 aromatic carbocycles. The van der Waals surface area contributed by atoms with E-state index in [1.165, 1.54) is 0 Å². The third-order valence-electron chi connectivity index (χ3n) is 8.22. The maximum atomic E-state index is 12.6. The molecule has 0 spiro atoms. The van der Waals surface area contributed by atoms with Gasteiger partial charge >= 0.3 is 0 Å². The summed E-state index contributed by atoms with van der Waals surface area (Å²) in [7, 11) is 0. The second kappa shape index (κ2) is 11.0. The van der Waals surface area contributed by atoms with E-state index in [0.717, 1.165) is 64.2 Å². The molecule has 9 heteroatoms. The topological polar surface area (TPSA) is 96.9 Å². The number of aliphatic hydroxyl groups is 1. The van der Waals surface area contributed by atoms with Crippen LogP contribution >= 0.6 is 23.2 Å². The molecule has 3 N–H and O–H groups in total. The van der Waals surface area contributed by atoms with E-state index in [1.807, 2.05) is 0 Å². The number of carbonyl (C=O) groups is 2. The lowest BCUT2D eigenvalue weighted by molar-refractivity contribution is -0.141. The number of alkyl halides is 2. The molecule has 33 heavy (non-hydrogen) atoms. The first-order chi connectivity index (χ1) is 15.8. The van der Waals surface area contributed by atoms with Gasteiger partial charge in [0, 0.05) is 16.3 Å². The summed E-state index contributed by atoms with van der Waals surface area (Å²) in [5, 5.41) is 17.6. The van der Waals surface area contributed by atoms with E-state index < -0.39 is 17.2 Å². The quantitative estimate of drug-likeness (QED) is 0.441. The third-order valence-corrected chi connectivity index (χ3v) is 9.09. The number of amides is 2. The Morgan fingerprint density at radius 1 is 0.758 bits per heavy atom. The number of hydrogen-bond donors (Lipinski definition) is 3. The summed E-state index contributed by atoms with van der Waals surface area (Å²) in [6, 6.07) is 0. The summed E-state index contributed by atoms with van der Waals surface area (Å²) in [6.07, 6.45) is 9.91. The monoisotopic (exact) mass is 504 g/mol. The van der Waals surface area contributed by atoms with Gasteiger partial charge in [-0.05, 0) is 83.5 Å². The number of nitrogens with one attached hydrogen (secondary N) is 2. The SMILES string of the molecule is O=C(COC1CCC(Cl)CC1)NC12CCC(NC(=O)COC3CCC(Cl)CC3)(CC1)[C@@H](O)C2. The van der Waals surface area contributed by atoms with Crippen LogP contribution in [-0.4, -0.2) is 70.3 Å². The molecule has 0 unspecified atom stereocenters.